The predicted octanol–water partition coefficient (Wildman–Crippen LogP) is 6.21. The molecule has 1 heterocycles. The molecule has 0 radical (unpaired) electrons. The van der Waals surface area contributed by atoms with E-state index in [0.717, 1.165) is 16.7 Å². The summed E-state index contributed by atoms with van der Waals surface area (Å²) >= 11 is 7.40. The monoisotopic (exact) mass is 515 g/mol. The van der Waals surface area contributed by atoms with Gasteiger partial charge in [-0.05, 0) is 53.3 Å². The second-order valence-electron chi connectivity index (χ2n) is 8.82. The van der Waals surface area contributed by atoms with Crippen LogP contribution in [-0.4, -0.2) is 17.1 Å². The lowest BCUT2D eigenvalue weighted by Gasteiger charge is -2.19. The van der Waals surface area contributed by atoms with Crippen LogP contribution in [0.25, 0.3) is 0 Å². The average molecular weight is 516 g/mol. The topological polar surface area (TPSA) is 73.2 Å². The van der Waals surface area contributed by atoms with Gasteiger partial charge in [-0.2, -0.15) is 5.26 Å². The van der Waals surface area contributed by atoms with Crippen LogP contribution in [0.3, 0.4) is 0 Å². The highest BCUT2D eigenvalue weighted by Crippen LogP contribution is 2.42. The van der Waals surface area contributed by atoms with E-state index in [0.29, 0.717) is 28.1 Å². The smallest absolute Gasteiger partial charge is 0.264 e. The van der Waals surface area contributed by atoms with E-state index in [1.54, 1.807) is 6.07 Å². The maximum Gasteiger partial charge on any atom is 0.264 e. The largest absolute Gasteiger partial charge is 0.347 e. The summed E-state index contributed by atoms with van der Waals surface area (Å²) in [6, 6.07) is 26.6. The Labute approximate surface area is 220 Å². The average Bonchev–Trinajstić information content (AvgIpc) is 3.19. The van der Waals surface area contributed by atoms with Gasteiger partial charge in [0, 0.05) is 17.3 Å². The van der Waals surface area contributed by atoms with Crippen LogP contribution in [0.15, 0.2) is 89.5 Å². The Kier molecular flexibility index (Phi) is 8.14. The summed E-state index contributed by atoms with van der Waals surface area (Å²) in [6.07, 6.45) is 0.429. The van der Waals surface area contributed by atoms with Gasteiger partial charge in [-0.3, -0.25) is 14.5 Å². The minimum absolute atomic E-state index is 0.0780. The summed E-state index contributed by atoms with van der Waals surface area (Å²) in [4.78, 5) is 28.3. The Balaban J connectivity index is 1.68. The number of hydrogen-bond acceptors (Lipinski definition) is 4. The van der Waals surface area contributed by atoms with Gasteiger partial charge in [0.2, 0.25) is 5.91 Å². The molecule has 1 N–H and O–H groups in total. The highest BCUT2D eigenvalue weighted by atomic mass is 35.5. The highest BCUT2D eigenvalue weighted by Gasteiger charge is 2.40. The SMILES string of the molecule is CC(C)c1ccc(N2C(=O)C(Cc3cccc(Cl)c3)S/C2=C(/C#N)C(=O)NCc2ccccc2)cc1. The van der Waals surface area contributed by atoms with Crippen molar-refractivity contribution in [3.05, 3.63) is 111 Å². The third kappa shape index (κ3) is 5.81. The lowest BCUT2D eigenvalue weighted by Crippen LogP contribution is -2.32. The summed E-state index contributed by atoms with van der Waals surface area (Å²) < 4.78 is 0. The first kappa shape index (κ1) is 25.6. The van der Waals surface area contributed by atoms with Crippen LogP contribution in [0.4, 0.5) is 5.69 Å². The van der Waals surface area contributed by atoms with Crippen LogP contribution < -0.4 is 10.2 Å². The van der Waals surface area contributed by atoms with Gasteiger partial charge in [-0.15, -0.1) is 0 Å². The maximum atomic E-state index is 13.6. The van der Waals surface area contributed by atoms with E-state index in [2.05, 4.69) is 25.2 Å². The molecule has 2 amide bonds. The maximum absolute atomic E-state index is 13.6. The molecule has 4 rings (SSSR count). The normalized spacial score (nSPS) is 16.7. The van der Waals surface area contributed by atoms with Gasteiger partial charge < -0.3 is 5.32 Å². The number of benzene rings is 3. The number of nitrogens with zero attached hydrogens (tertiary/aromatic N) is 2. The number of amides is 2. The Morgan fingerprint density at radius 3 is 2.39 bits per heavy atom. The predicted molar refractivity (Wildman–Crippen MR) is 145 cm³/mol. The Morgan fingerprint density at radius 2 is 1.75 bits per heavy atom. The molecule has 1 aliphatic rings. The van der Waals surface area contributed by atoms with Gasteiger partial charge in [-0.1, -0.05) is 91.8 Å². The fourth-order valence-corrected chi connectivity index (χ4v) is 5.50. The molecule has 1 atom stereocenters. The Morgan fingerprint density at radius 1 is 1.06 bits per heavy atom. The van der Waals surface area contributed by atoms with E-state index in [1.165, 1.54) is 16.7 Å². The van der Waals surface area contributed by atoms with Gasteiger partial charge in [0.05, 0.1) is 5.25 Å². The molecular weight excluding hydrogens is 490 g/mol. The fraction of sp³-hybridized carbons (Fsp3) is 0.207. The molecule has 5 nitrogen and oxygen atoms in total. The van der Waals surface area contributed by atoms with E-state index in [1.807, 2.05) is 72.8 Å². The number of carbonyl (C=O) groups is 2. The van der Waals surface area contributed by atoms with E-state index in [9.17, 15) is 14.9 Å². The van der Waals surface area contributed by atoms with Crippen molar-refractivity contribution < 1.29 is 9.59 Å². The lowest BCUT2D eigenvalue weighted by atomic mass is 10.0. The van der Waals surface area contributed by atoms with Crippen molar-refractivity contribution in [3.8, 4) is 6.07 Å². The standard InChI is InChI=1S/C29H26ClN3O2S/c1-19(2)22-11-13-24(14-12-22)33-28(35)26(16-21-9-6-10-23(30)15-21)36-29(33)25(17-31)27(34)32-18-20-7-4-3-5-8-20/h3-15,19,26H,16,18H2,1-2H3,(H,32,34)/b29-25-. The highest BCUT2D eigenvalue weighted by molar-refractivity contribution is 8.05. The molecule has 0 aromatic heterocycles. The van der Waals surface area contributed by atoms with Crippen molar-refractivity contribution >= 4 is 40.9 Å². The van der Waals surface area contributed by atoms with Crippen LogP contribution in [0.2, 0.25) is 5.02 Å². The molecule has 182 valence electrons. The number of anilines is 1. The number of thioether (sulfide) groups is 1. The molecular formula is C29H26ClN3O2S. The molecule has 1 unspecified atom stereocenters. The van der Waals surface area contributed by atoms with Crippen molar-refractivity contribution in [2.24, 2.45) is 0 Å². The van der Waals surface area contributed by atoms with E-state index < -0.39 is 11.2 Å². The molecule has 36 heavy (non-hydrogen) atoms. The summed E-state index contributed by atoms with van der Waals surface area (Å²) in [5.74, 6) is -0.341. The van der Waals surface area contributed by atoms with Gasteiger partial charge in [0.1, 0.15) is 16.7 Å². The van der Waals surface area contributed by atoms with Crippen molar-refractivity contribution in [1.29, 1.82) is 5.26 Å². The zero-order valence-electron chi connectivity index (χ0n) is 20.1. The number of nitriles is 1. The third-order valence-corrected chi connectivity index (χ3v) is 7.43. The molecule has 0 saturated carbocycles. The lowest BCUT2D eigenvalue weighted by molar-refractivity contribution is -0.117. The van der Waals surface area contributed by atoms with Crippen LogP contribution in [0, 0.1) is 11.3 Å². The molecule has 0 spiro atoms. The Hall–Kier alpha value is -3.53. The van der Waals surface area contributed by atoms with Gasteiger partial charge >= 0.3 is 0 Å². The van der Waals surface area contributed by atoms with E-state index in [4.69, 9.17) is 11.6 Å². The summed E-state index contributed by atoms with van der Waals surface area (Å²) in [5, 5.41) is 13.3. The molecule has 7 heteroatoms. The minimum atomic E-state index is -0.510. The first-order valence-corrected chi connectivity index (χ1v) is 12.9. The van der Waals surface area contributed by atoms with Crippen LogP contribution in [-0.2, 0) is 22.6 Å². The van der Waals surface area contributed by atoms with Crippen LogP contribution in [0.5, 0.6) is 0 Å². The van der Waals surface area contributed by atoms with Crippen molar-refractivity contribution in [3.63, 3.8) is 0 Å². The molecule has 0 bridgehead atoms. The molecule has 3 aromatic rings. The molecule has 1 aliphatic heterocycles. The summed E-state index contributed by atoms with van der Waals surface area (Å²) in [5.41, 5.74) is 3.52. The summed E-state index contributed by atoms with van der Waals surface area (Å²) in [7, 11) is 0. The Bertz CT molecular complexity index is 1330. The number of carbonyl (C=O) groups excluding carboxylic acids is 2. The van der Waals surface area contributed by atoms with Crippen molar-refractivity contribution in [2.45, 2.75) is 38.0 Å². The summed E-state index contributed by atoms with van der Waals surface area (Å²) in [6.45, 7) is 4.48. The third-order valence-electron chi connectivity index (χ3n) is 5.93. The molecule has 1 fully saturated rings. The molecule has 1 saturated heterocycles. The minimum Gasteiger partial charge on any atom is -0.347 e. The molecule has 3 aromatic carbocycles. The van der Waals surface area contributed by atoms with Gasteiger partial charge in [-0.25, -0.2) is 0 Å². The van der Waals surface area contributed by atoms with Crippen LogP contribution >= 0.6 is 23.4 Å². The fourth-order valence-electron chi connectivity index (χ4n) is 3.97. The van der Waals surface area contributed by atoms with Crippen LogP contribution in [0.1, 0.15) is 36.5 Å². The number of halogens is 1. The van der Waals surface area contributed by atoms with Crippen molar-refractivity contribution in [1.82, 2.24) is 5.32 Å². The van der Waals surface area contributed by atoms with Gasteiger partial charge in [0.15, 0.2) is 0 Å². The number of nitrogens with one attached hydrogen (secondary N) is 1. The van der Waals surface area contributed by atoms with Gasteiger partial charge in [0.25, 0.3) is 5.91 Å². The number of rotatable bonds is 7. The second kappa shape index (κ2) is 11.5. The first-order valence-electron chi connectivity index (χ1n) is 11.7. The second-order valence-corrected chi connectivity index (χ2v) is 10.4. The molecule has 0 aliphatic carbocycles. The zero-order valence-corrected chi connectivity index (χ0v) is 21.6. The zero-order chi connectivity index (χ0) is 25.7. The number of hydrogen-bond donors (Lipinski definition) is 1. The van der Waals surface area contributed by atoms with E-state index >= 15 is 0 Å². The first-order chi connectivity index (χ1) is 17.4. The van der Waals surface area contributed by atoms with E-state index in [-0.39, 0.29) is 18.0 Å². The van der Waals surface area contributed by atoms with Crippen molar-refractivity contribution in [2.75, 3.05) is 4.90 Å². The quantitative estimate of drug-likeness (QED) is 0.300.